The van der Waals surface area contributed by atoms with Gasteiger partial charge >= 0.3 is 11.9 Å². The fourth-order valence-electron chi connectivity index (χ4n) is 3.13. The smallest absolute Gasteiger partial charge is 0.306 e. The third-order valence-electron chi connectivity index (χ3n) is 5.56. The lowest BCUT2D eigenvalue weighted by Crippen LogP contribution is -2.37. The number of phosphoric acid groups is 1. The molecule has 0 aliphatic heterocycles. The number of esters is 2. The second-order valence-corrected chi connectivity index (χ2v) is 12.1. The summed E-state index contributed by atoms with van der Waals surface area (Å²) in [5.74, 6) is -1.05. The number of carbonyl (C=O) groups is 2. The first-order valence-corrected chi connectivity index (χ1v) is 16.6. The topological polar surface area (TPSA) is 111 Å². The zero-order valence-electron chi connectivity index (χ0n) is 26.9. The normalized spacial score (nSPS) is 15.0. The maximum atomic E-state index is 12.3. The zero-order chi connectivity index (χ0) is 32.2. The summed E-state index contributed by atoms with van der Waals surface area (Å²) in [6, 6.07) is 0. The van der Waals surface area contributed by atoms with E-state index in [9.17, 15) is 19.0 Å². The molecule has 9 nitrogen and oxygen atoms in total. The summed E-state index contributed by atoms with van der Waals surface area (Å²) in [6.07, 6.45) is 30.5. The highest BCUT2D eigenvalue weighted by molar-refractivity contribution is 7.45. The third kappa shape index (κ3) is 29.3. The van der Waals surface area contributed by atoms with Crippen molar-refractivity contribution in [2.45, 2.75) is 77.7 Å². The van der Waals surface area contributed by atoms with Crippen LogP contribution in [0.4, 0.5) is 0 Å². The Balaban J connectivity index is 4.31. The fraction of sp³-hybridized carbons (Fsp3) is 0.576. The van der Waals surface area contributed by atoms with E-state index in [0.717, 1.165) is 38.5 Å². The highest BCUT2D eigenvalue weighted by atomic mass is 31.2. The third-order valence-corrected chi connectivity index (χ3v) is 6.52. The summed E-state index contributed by atoms with van der Waals surface area (Å²) in [5.41, 5.74) is 0. The Kier molecular flexibility index (Phi) is 24.4. The molecule has 0 rings (SSSR count). The van der Waals surface area contributed by atoms with Crippen LogP contribution in [0.5, 0.6) is 0 Å². The highest BCUT2D eigenvalue weighted by Crippen LogP contribution is 2.38. The van der Waals surface area contributed by atoms with Gasteiger partial charge in [-0.2, -0.15) is 0 Å². The quantitative estimate of drug-likeness (QED) is 0.0488. The number of rotatable bonds is 25. The number of likely N-dealkylation sites (N-methyl/N-ethyl adjacent to an activating group) is 1. The maximum absolute atomic E-state index is 12.3. The first kappa shape index (κ1) is 40.5. The Hall–Kier alpha value is -2.55. The van der Waals surface area contributed by atoms with Crippen molar-refractivity contribution in [1.82, 2.24) is 0 Å². The van der Waals surface area contributed by atoms with Crippen LogP contribution in [-0.4, -0.2) is 70.0 Å². The van der Waals surface area contributed by atoms with Crippen LogP contribution < -0.4 is 4.89 Å². The van der Waals surface area contributed by atoms with Gasteiger partial charge in [-0.25, -0.2) is 0 Å². The molecule has 0 saturated carbocycles. The van der Waals surface area contributed by atoms with Crippen LogP contribution in [0.1, 0.15) is 71.6 Å². The number of hydrogen-bond donors (Lipinski definition) is 0. The number of quaternary nitrogens is 1. The SMILES string of the molecule is CC/C=C\C/C=C\C/C=C\C/C=C\C/C=C\C/C=C\CCC(=O)OC(COC(=O)CC)COP(=O)([O-])OCC[N+](C)(C)C. The summed E-state index contributed by atoms with van der Waals surface area (Å²) in [4.78, 5) is 35.9. The predicted octanol–water partition coefficient (Wildman–Crippen LogP) is 6.54. The second-order valence-electron chi connectivity index (χ2n) is 10.7. The molecule has 0 aliphatic rings. The van der Waals surface area contributed by atoms with Gasteiger partial charge in [0.15, 0.2) is 6.10 Å². The van der Waals surface area contributed by atoms with Crippen LogP contribution in [0.15, 0.2) is 72.9 Å². The zero-order valence-corrected chi connectivity index (χ0v) is 27.8. The number of hydrogen-bond acceptors (Lipinski definition) is 8. The van der Waals surface area contributed by atoms with Crippen molar-refractivity contribution in [2.24, 2.45) is 0 Å². The van der Waals surface area contributed by atoms with Crippen molar-refractivity contribution in [3.8, 4) is 0 Å². The van der Waals surface area contributed by atoms with Gasteiger partial charge in [0.2, 0.25) is 0 Å². The van der Waals surface area contributed by atoms with E-state index in [2.05, 4.69) is 67.7 Å². The Labute approximate surface area is 259 Å². The van der Waals surface area contributed by atoms with E-state index in [0.29, 0.717) is 17.4 Å². The first-order chi connectivity index (χ1) is 20.5. The van der Waals surface area contributed by atoms with Crippen molar-refractivity contribution in [1.29, 1.82) is 0 Å². The molecule has 0 aromatic heterocycles. The molecule has 10 heteroatoms. The van der Waals surface area contributed by atoms with Gasteiger partial charge in [0, 0.05) is 12.8 Å². The van der Waals surface area contributed by atoms with Gasteiger partial charge in [-0.05, 0) is 44.9 Å². The Morgan fingerprint density at radius 1 is 0.721 bits per heavy atom. The number of nitrogens with zero attached hydrogens (tertiary/aromatic N) is 1. The number of ether oxygens (including phenoxy) is 2. The maximum Gasteiger partial charge on any atom is 0.306 e. The second kappa shape index (κ2) is 25.9. The van der Waals surface area contributed by atoms with Gasteiger partial charge in [-0.3, -0.25) is 14.2 Å². The molecule has 0 aromatic rings. The van der Waals surface area contributed by atoms with E-state index >= 15 is 0 Å². The average molecular weight is 624 g/mol. The molecule has 43 heavy (non-hydrogen) atoms. The Bertz CT molecular complexity index is 976. The van der Waals surface area contributed by atoms with Gasteiger partial charge in [-0.1, -0.05) is 86.8 Å². The van der Waals surface area contributed by atoms with E-state index in [1.807, 2.05) is 33.3 Å². The molecule has 244 valence electrons. The summed E-state index contributed by atoms with van der Waals surface area (Å²) < 4.78 is 32.7. The molecular formula is C33H54NO8P. The lowest BCUT2D eigenvalue weighted by Gasteiger charge is -2.28. The van der Waals surface area contributed by atoms with E-state index in [1.54, 1.807) is 6.92 Å². The molecule has 2 unspecified atom stereocenters. The van der Waals surface area contributed by atoms with Gasteiger partial charge in [0.05, 0.1) is 27.7 Å². The van der Waals surface area contributed by atoms with Crippen LogP contribution in [-0.2, 0) is 32.7 Å². The van der Waals surface area contributed by atoms with E-state index in [4.69, 9.17) is 18.5 Å². The predicted molar refractivity (Wildman–Crippen MR) is 171 cm³/mol. The summed E-state index contributed by atoms with van der Waals surface area (Å²) >= 11 is 0. The Morgan fingerprint density at radius 2 is 1.21 bits per heavy atom. The molecule has 0 fully saturated rings. The van der Waals surface area contributed by atoms with Crippen LogP contribution in [0.2, 0.25) is 0 Å². The summed E-state index contributed by atoms with van der Waals surface area (Å²) in [5, 5.41) is 0. The number of phosphoric ester groups is 1. The van der Waals surface area contributed by atoms with Crippen LogP contribution in [0.3, 0.4) is 0 Å². The minimum atomic E-state index is -4.61. The van der Waals surface area contributed by atoms with Crippen molar-refractivity contribution >= 4 is 19.8 Å². The van der Waals surface area contributed by atoms with Crippen molar-refractivity contribution < 1.29 is 42.1 Å². The van der Waals surface area contributed by atoms with Crippen molar-refractivity contribution in [3.05, 3.63) is 72.9 Å². The lowest BCUT2D eigenvalue weighted by molar-refractivity contribution is -0.870. The molecular weight excluding hydrogens is 569 g/mol. The molecule has 0 saturated heterocycles. The molecule has 0 radical (unpaired) electrons. The summed E-state index contributed by atoms with van der Waals surface area (Å²) in [6.45, 7) is 3.35. The molecule has 0 aliphatic carbocycles. The van der Waals surface area contributed by atoms with E-state index in [-0.39, 0.29) is 26.1 Å². The molecule has 0 amide bonds. The highest BCUT2D eigenvalue weighted by Gasteiger charge is 2.21. The molecule has 0 aromatic carbocycles. The van der Waals surface area contributed by atoms with Gasteiger partial charge < -0.3 is 27.9 Å². The minimum Gasteiger partial charge on any atom is -0.756 e. The van der Waals surface area contributed by atoms with Crippen LogP contribution in [0.25, 0.3) is 0 Å². The van der Waals surface area contributed by atoms with Crippen molar-refractivity contribution in [3.63, 3.8) is 0 Å². The van der Waals surface area contributed by atoms with Gasteiger partial charge in [0.1, 0.15) is 19.8 Å². The molecule has 2 atom stereocenters. The fourth-order valence-corrected chi connectivity index (χ4v) is 3.86. The Morgan fingerprint density at radius 3 is 1.67 bits per heavy atom. The lowest BCUT2D eigenvalue weighted by atomic mass is 10.2. The van der Waals surface area contributed by atoms with E-state index in [1.165, 1.54) is 0 Å². The molecule has 0 spiro atoms. The first-order valence-electron chi connectivity index (χ1n) is 15.1. The largest absolute Gasteiger partial charge is 0.756 e. The summed E-state index contributed by atoms with van der Waals surface area (Å²) in [7, 11) is 1.09. The van der Waals surface area contributed by atoms with Crippen molar-refractivity contribution in [2.75, 3.05) is 47.5 Å². The monoisotopic (exact) mass is 623 g/mol. The standard InChI is InChI=1S/C33H54NO8P/c1-6-8-9-10-11-12-13-14-15-16-17-18-19-20-21-22-23-24-25-26-33(36)42-31(29-39-32(35)7-2)30-41-43(37,38)40-28-27-34(3,4)5/h8-9,11-12,14-15,17-18,20-21,23-24,31H,6-7,10,13,16,19,22,25-30H2,1-5H3/b9-8-,12-11-,15-14-,18-17-,21-20-,24-23-. The average Bonchev–Trinajstić information content (AvgIpc) is 2.94. The van der Waals surface area contributed by atoms with Crippen LogP contribution in [0, 0.1) is 0 Å². The van der Waals surface area contributed by atoms with Gasteiger partial charge in [-0.15, -0.1) is 0 Å². The molecule has 0 N–H and O–H groups in total. The molecule has 0 heterocycles. The number of carbonyl (C=O) groups excluding carboxylic acids is 2. The van der Waals surface area contributed by atoms with Gasteiger partial charge in [0.25, 0.3) is 7.82 Å². The number of allylic oxidation sites excluding steroid dienone is 12. The van der Waals surface area contributed by atoms with E-state index < -0.39 is 32.5 Å². The molecule has 0 bridgehead atoms. The van der Waals surface area contributed by atoms with Crippen LogP contribution >= 0.6 is 7.82 Å². The minimum absolute atomic E-state index is 0.0501.